The summed E-state index contributed by atoms with van der Waals surface area (Å²) in [7, 11) is 0. The molecule has 2 aromatic heterocycles. The predicted molar refractivity (Wildman–Crippen MR) is 82.9 cm³/mol. The first-order chi connectivity index (χ1) is 10.2. The molecule has 0 spiro atoms. The number of aromatic nitrogens is 3. The minimum absolute atomic E-state index is 0.128. The number of aromatic amines is 1. The van der Waals surface area contributed by atoms with Crippen molar-refractivity contribution in [2.45, 2.75) is 0 Å². The molecule has 3 heterocycles. The molecule has 0 aromatic carbocycles. The Morgan fingerprint density at radius 3 is 2.48 bits per heavy atom. The van der Waals surface area contributed by atoms with Gasteiger partial charge in [-0.05, 0) is 12.1 Å². The van der Waals surface area contributed by atoms with Gasteiger partial charge in [-0.3, -0.25) is 4.79 Å². The van der Waals surface area contributed by atoms with Gasteiger partial charge in [0.05, 0.1) is 12.0 Å². The highest BCUT2D eigenvalue weighted by atomic mass is 35.5. The SMILES string of the molecule is Nc1cccnc1N1CCN(c2nc[nH]c(=O)c2Cl)CC1. The predicted octanol–water partition coefficient (Wildman–Crippen LogP) is 0.727. The lowest BCUT2D eigenvalue weighted by Crippen LogP contribution is -2.47. The highest BCUT2D eigenvalue weighted by molar-refractivity contribution is 6.32. The van der Waals surface area contributed by atoms with Crippen LogP contribution in [0.5, 0.6) is 0 Å². The van der Waals surface area contributed by atoms with Crippen LogP contribution < -0.4 is 21.1 Å². The maximum absolute atomic E-state index is 11.5. The zero-order chi connectivity index (χ0) is 14.8. The Morgan fingerprint density at radius 2 is 1.81 bits per heavy atom. The molecule has 3 N–H and O–H groups in total. The fraction of sp³-hybridized carbons (Fsp3) is 0.308. The molecule has 0 unspecified atom stereocenters. The Hall–Kier alpha value is -2.28. The van der Waals surface area contributed by atoms with Crippen molar-refractivity contribution in [3.63, 3.8) is 0 Å². The second-order valence-electron chi connectivity index (χ2n) is 4.76. The van der Waals surface area contributed by atoms with Crippen LogP contribution in [0.1, 0.15) is 0 Å². The van der Waals surface area contributed by atoms with Crippen molar-refractivity contribution in [2.75, 3.05) is 41.7 Å². The molecule has 1 fully saturated rings. The van der Waals surface area contributed by atoms with Gasteiger partial charge >= 0.3 is 0 Å². The van der Waals surface area contributed by atoms with Gasteiger partial charge in [0.15, 0.2) is 11.6 Å². The van der Waals surface area contributed by atoms with E-state index in [1.807, 2.05) is 17.0 Å². The monoisotopic (exact) mass is 306 g/mol. The van der Waals surface area contributed by atoms with E-state index in [2.05, 4.69) is 19.9 Å². The number of hydrogen-bond donors (Lipinski definition) is 2. The van der Waals surface area contributed by atoms with Crippen molar-refractivity contribution in [1.82, 2.24) is 15.0 Å². The molecule has 2 aromatic rings. The number of halogens is 1. The summed E-state index contributed by atoms with van der Waals surface area (Å²) in [4.78, 5) is 26.6. The zero-order valence-electron chi connectivity index (χ0n) is 11.3. The van der Waals surface area contributed by atoms with Gasteiger partial charge in [-0.15, -0.1) is 0 Å². The number of nitrogen functional groups attached to an aromatic ring is 1. The minimum atomic E-state index is -0.321. The smallest absolute Gasteiger partial charge is 0.271 e. The van der Waals surface area contributed by atoms with E-state index in [0.717, 1.165) is 18.9 Å². The van der Waals surface area contributed by atoms with E-state index < -0.39 is 0 Å². The molecule has 1 aliphatic heterocycles. The average Bonchev–Trinajstić information content (AvgIpc) is 2.51. The van der Waals surface area contributed by atoms with Gasteiger partial charge in [0.25, 0.3) is 5.56 Å². The summed E-state index contributed by atoms with van der Waals surface area (Å²) in [5.41, 5.74) is 6.29. The Morgan fingerprint density at radius 1 is 1.14 bits per heavy atom. The van der Waals surface area contributed by atoms with Crippen LogP contribution >= 0.6 is 11.6 Å². The Bertz CT molecular complexity index is 695. The van der Waals surface area contributed by atoms with Crippen LogP contribution in [0, 0.1) is 0 Å². The normalized spacial score (nSPS) is 15.3. The minimum Gasteiger partial charge on any atom is -0.396 e. The molecule has 21 heavy (non-hydrogen) atoms. The van der Waals surface area contributed by atoms with Crippen molar-refractivity contribution in [2.24, 2.45) is 0 Å². The summed E-state index contributed by atoms with van der Waals surface area (Å²) < 4.78 is 0. The summed E-state index contributed by atoms with van der Waals surface area (Å²) in [6, 6.07) is 3.65. The molecule has 1 saturated heterocycles. The van der Waals surface area contributed by atoms with Gasteiger partial charge in [0.1, 0.15) is 5.02 Å². The van der Waals surface area contributed by atoms with E-state index in [0.29, 0.717) is 24.6 Å². The maximum Gasteiger partial charge on any atom is 0.271 e. The average molecular weight is 307 g/mol. The topological polar surface area (TPSA) is 91.1 Å². The molecular formula is C13H15ClN6O. The number of H-pyrrole nitrogens is 1. The molecule has 0 amide bonds. The van der Waals surface area contributed by atoms with Crippen molar-refractivity contribution in [3.8, 4) is 0 Å². The molecule has 1 aliphatic rings. The number of nitrogens with zero attached hydrogens (tertiary/aromatic N) is 4. The van der Waals surface area contributed by atoms with Crippen LogP contribution in [0.3, 0.4) is 0 Å². The van der Waals surface area contributed by atoms with Gasteiger partial charge in [-0.2, -0.15) is 0 Å². The third-order valence-corrected chi connectivity index (χ3v) is 3.81. The molecule has 0 aliphatic carbocycles. The summed E-state index contributed by atoms with van der Waals surface area (Å²) >= 11 is 6.01. The quantitative estimate of drug-likeness (QED) is 0.850. The Labute approximate surface area is 126 Å². The highest BCUT2D eigenvalue weighted by Gasteiger charge is 2.22. The largest absolute Gasteiger partial charge is 0.396 e. The second-order valence-corrected chi connectivity index (χ2v) is 5.14. The first-order valence-corrected chi connectivity index (χ1v) is 6.98. The van der Waals surface area contributed by atoms with Crippen molar-refractivity contribution in [3.05, 3.63) is 40.0 Å². The lowest BCUT2D eigenvalue weighted by Gasteiger charge is -2.36. The second kappa shape index (κ2) is 5.61. The molecular weight excluding hydrogens is 292 g/mol. The third kappa shape index (κ3) is 2.64. The molecule has 0 radical (unpaired) electrons. The number of hydrogen-bond acceptors (Lipinski definition) is 6. The fourth-order valence-electron chi connectivity index (χ4n) is 2.40. The van der Waals surface area contributed by atoms with Crippen LogP contribution in [-0.4, -0.2) is 41.1 Å². The highest BCUT2D eigenvalue weighted by Crippen LogP contribution is 2.24. The van der Waals surface area contributed by atoms with Gasteiger partial charge in [0, 0.05) is 32.4 Å². The fourth-order valence-corrected chi connectivity index (χ4v) is 2.62. The van der Waals surface area contributed by atoms with Gasteiger partial charge < -0.3 is 20.5 Å². The third-order valence-electron chi connectivity index (χ3n) is 3.47. The Kier molecular flexibility index (Phi) is 3.66. The van der Waals surface area contributed by atoms with Crippen LogP contribution in [-0.2, 0) is 0 Å². The number of nitrogens with two attached hydrogens (primary N) is 1. The van der Waals surface area contributed by atoms with Crippen LogP contribution in [0.25, 0.3) is 0 Å². The van der Waals surface area contributed by atoms with Crippen LogP contribution in [0.2, 0.25) is 5.02 Å². The zero-order valence-corrected chi connectivity index (χ0v) is 12.0. The lowest BCUT2D eigenvalue weighted by molar-refractivity contribution is 0.641. The van der Waals surface area contributed by atoms with Crippen LogP contribution in [0.4, 0.5) is 17.3 Å². The molecule has 0 saturated carbocycles. The summed E-state index contributed by atoms with van der Waals surface area (Å²) in [5, 5.41) is 0.128. The standard InChI is InChI=1S/C13H15ClN6O/c14-10-12(17-8-18-13(10)21)20-6-4-19(5-7-20)11-9(15)2-1-3-16-11/h1-3,8H,4-7,15H2,(H,17,18,21). The van der Waals surface area contributed by atoms with Gasteiger partial charge in [0.2, 0.25) is 0 Å². The molecule has 8 heteroatoms. The number of pyridine rings is 1. The van der Waals surface area contributed by atoms with E-state index in [1.54, 1.807) is 6.20 Å². The summed E-state index contributed by atoms with van der Waals surface area (Å²) in [5.74, 6) is 1.32. The van der Waals surface area contributed by atoms with E-state index in [1.165, 1.54) is 6.33 Å². The molecule has 110 valence electrons. The van der Waals surface area contributed by atoms with E-state index >= 15 is 0 Å². The van der Waals surface area contributed by atoms with E-state index in [9.17, 15) is 4.79 Å². The maximum atomic E-state index is 11.5. The molecule has 7 nitrogen and oxygen atoms in total. The molecule has 3 rings (SSSR count). The lowest BCUT2D eigenvalue weighted by atomic mass is 10.3. The number of rotatable bonds is 2. The number of piperazine rings is 1. The number of nitrogens with one attached hydrogen (secondary N) is 1. The van der Waals surface area contributed by atoms with Crippen LogP contribution in [0.15, 0.2) is 29.5 Å². The van der Waals surface area contributed by atoms with Gasteiger partial charge in [-0.25, -0.2) is 9.97 Å². The van der Waals surface area contributed by atoms with E-state index in [-0.39, 0.29) is 10.6 Å². The van der Waals surface area contributed by atoms with Crippen molar-refractivity contribution in [1.29, 1.82) is 0 Å². The van der Waals surface area contributed by atoms with Crippen molar-refractivity contribution < 1.29 is 0 Å². The Balaban J connectivity index is 1.75. The first kappa shape index (κ1) is 13.7. The first-order valence-electron chi connectivity index (χ1n) is 6.60. The molecule has 0 bridgehead atoms. The summed E-state index contributed by atoms with van der Waals surface area (Å²) in [6.07, 6.45) is 3.10. The van der Waals surface area contributed by atoms with Crippen molar-refractivity contribution >= 4 is 28.9 Å². The summed E-state index contributed by atoms with van der Waals surface area (Å²) in [6.45, 7) is 2.89. The number of anilines is 3. The van der Waals surface area contributed by atoms with Gasteiger partial charge in [-0.1, -0.05) is 11.6 Å². The molecule has 0 atom stereocenters. The van der Waals surface area contributed by atoms with E-state index in [4.69, 9.17) is 17.3 Å².